The number of piperazine rings is 1. The van der Waals surface area contributed by atoms with Crippen molar-refractivity contribution in [1.82, 2.24) is 10.6 Å². The minimum absolute atomic E-state index is 0.0829. The fourth-order valence-electron chi connectivity index (χ4n) is 3.79. The molecule has 2 heterocycles. The molecule has 2 aliphatic heterocycles. The van der Waals surface area contributed by atoms with E-state index in [4.69, 9.17) is 9.47 Å². The third-order valence-corrected chi connectivity index (χ3v) is 5.04. The van der Waals surface area contributed by atoms with Crippen molar-refractivity contribution in [2.24, 2.45) is 0 Å². The number of anilines is 1. The lowest BCUT2D eigenvalue weighted by Crippen LogP contribution is -2.65. The van der Waals surface area contributed by atoms with Gasteiger partial charge in [-0.15, -0.1) is 0 Å². The van der Waals surface area contributed by atoms with E-state index in [1.54, 1.807) is 18.2 Å². The van der Waals surface area contributed by atoms with Crippen molar-refractivity contribution >= 4 is 17.5 Å². The van der Waals surface area contributed by atoms with Gasteiger partial charge in [0.15, 0.2) is 11.5 Å². The average Bonchev–Trinajstić information content (AvgIpc) is 2.62. The number of hydrogen-bond acceptors (Lipinski definition) is 5. The average molecular weight is 345 g/mol. The lowest BCUT2D eigenvalue weighted by atomic mass is 9.87. The van der Waals surface area contributed by atoms with E-state index in [1.165, 1.54) is 6.42 Å². The number of amides is 2. The summed E-state index contributed by atoms with van der Waals surface area (Å²) >= 11 is 0. The van der Waals surface area contributed by atoms with Gasteiger partial charge < -0.3 is 25.4 Å². The van der Waals surface area contributed by atoms with Crippen LogP contribution in [-0.2, 0) is 9.59 Å². The van der Waals surface area contributed by atoms with Crippen LogP contribution in [0.25, 0.3) is 0 Å². The second-order valence-corrected chi connectivity index (χ2v) is 6.84. The zero-order valence-electron chi connectivity index (χ0n) is 14.0. The molecule has 2 amide bonds. The first-order chi connectivity index (χ1) is 12.2. The van der Waals surface area contributed by atoms with Crippen molar-refractivity contribution < 1.29 is 19.1 Å². The number of hydrogen-bond donors (Lipinski definition) is 3. The van der Waals surface area contributed by atoms with E-state index in [0.717, 1.165) is 19.3 Å². The van der Waals surface area contributed by atoms with E-state index in [-0.39, 0.29) is 30.3 Å². The molecule has 3 atom stereocenters. The van der Waals surface area contributed by atoms with Crippen molar-refractivity contribution in [2.45, 2.75) is 50.2 Å². The molecule has 1 aromatic rings. The summed E-state index contributed by atoms with van der Waals surface area (Å²) in [5, 5.41) is 9.25. The molecular formula is C18H23N3O4. The molecule has 0 spiro atoms. The Bertz CT molecular complexity index is 678. The van der Waals surface area contributed by atoms with Crippen molar-refractivity contribution in [3.8, 4) is 11.5 Å². The molecule has 0 unspecified atom stereocenters. The molecule has 7 nitrogen and oxygen atoms in total. The maximum Gasteiger partial charge on any atom is 0.237 e. The van der Waals surface area contributed by atoms with Gasteiger partial charge in [-0.3, -0.25) is 9.59 Å². The Labute approximate surface area is 146 Å². The largest absolute Gasteiger partial charge is 0.486 e. The van der Waals surface area contributed by atoms with Crippen LogP contribution >= 0.6 is 0 Å². The monoisotopic (exact) mass is 345 g/mol. The number of carbonyl (C=O) groups excluding carboxylic acids is 2. The Morgan fingerprint density at radius 2 is 1.88 bits per heavy atom. The Morgan fingerprint density at radius 1 is 1.12 bits per heavy atom. The first-order valence-electron chi connectivity index (χ1n) is 8.95. The number of carbonyl (C=O) groups is 2. The van der Waals surface area contributed by atoms with Crippen LogP contribution in [-0.4, -0.2) is 43.2 Å². The molecule has 3 N–H and O–H groups in total. The minimum Gasteiger partial charge on any atom is -0.486 e. The Balaban J connectivity index is 1.36. The first kappa shape index (κ1) is 16.2. The molecular weight excluding hydrogens is 322 g/mol. The summed E-state index contributed by atoms with van der Waals surface area (Å²) in [6.07, 6.45) is 4.49. The van der Waals surface area contributed by atoms with Gasteiger partial charge in [-0.1, -0.05) is 12.8 Å². The second-order valence-electron chi connectivity index (χ2n) is 6.84. The van der Waals surface area contributed by atoms with Crippen LogP contribution in [0.15, 0.2) is 18.2 Å². The van der Waals surface area contributed by atoms with E-state index < -0.39 is 6.04 Å². The zero-order chi connectivity index (χ0) is 17.2. The van der Waals surface area contributed by atoms with E-state index in [9.17, 15) is 9.59 Å². The number of nitrogens with one attached hydrogen (secondary N) is 3. The minimum atomic E-state index is -0.475. The van der Waals surface area contributed by atoms with Crippen LogP contribution in [0.2, 0.25) is 0 Å². The van der Waals surface area contributed by atoms with E-state index >= 15 is 0 Å². The summed E-state index contributed by atoms with van der Waals surface area (Å²) in [6.45, 7) is 1.03. The Hall–Kier alpha value is -2.28. The molecule has 1 saturated heterocycles. The number of fused-ring (bicyclic) bond motifs is 2. The molecule has 4 rings (SSSR count). The number of ether oxygens (including phenoxy) is 2. The molecule has 1 aliphatic carbocycles. The van der Waals surface area contributed by atoms with Gasteiger partial charge in [0.2, 0.25) is 11.8 Å². The van der Waals surface area contributed by atoms with Gasteiger partial charge in [0.25, 0.3) is 0 Å². The smallest absolute Gasteiger partial charge is 0.237 e. The summed E-state index contributed by atoms with van der Waals surface area (Å²) in [5.41, 5.74) is 0.640. The highest BCUT2D eigenvalue weighted by Crippen LogP contribution is 2.32. The molecule has 134 valence electrons. The standard InChI is InChI=1S/C18H23N3O4/c22-17(19-11-5-6-15-16(9-11)25-8-7-24-15)10-14-18(23)21-13-4-2-1-3-12(13)20-14/h5-6,9,12-14,20H,1-4,7-8,10H2,(H,19,22)(H,21,23)/t12-,13-,14+/m1/s1. The van der Waals surface area contributed by atoms with Crippen LogP contribution in [0.4, 0.5) is 5.69 Å². The van der Waals surface area contributed by atoms with Gasteiger partial charge in [0.1, 0.15) is 13.2 Å². The van der Waals surface area contributed by atoms with Gasteiger partial charge in [-0.2, -0.15) is 0 Å². The lowest BCUT2D eigenvalue weighted by Gasteiger charge is -2.40. The summed E-state index contributed by atoms with van der Waals surface area (Å²) < 4.78 is 11.0. The van der Waals surface area contributed by atoms with Crippen LogP contribution in [0.3, 0.4) is 0 Å². The van der Waals surface area contributed by atoms with E-state index in [2.05, 4.69) is 16.0 Å². The third kappa shape index (κ3) is 3.56. The van der Waals surface area contributed by atoms with Crippen molar-refractivity contribution in [1.29, 1.82) is 0 Å². The number of benzene rings is 1. The molecule has 25 heavy (non-hydrogen) atoms. The SMILES string of the molecule is O=C(C[C@@H]1N[C@@H]2CCCC[C@H]2NC1=O)Nc1ccc2c(c1)OCCO2. The fraction of sp³-hybridized carbons (Fsp3) is 0.556. The maximum atomic E-state index is 12.4. The summed E-state index contributed by atoms with van der Waals surface area (Å²) in [6, 6.07) is 5.31. The Kier molecular flexibility index (Phi) is 4.48. The van der Waals surface area contributed by atoms with Crippen LogP contribution in [0, 0.1) is 0 Å². The molecule has 1 aromatic carbocycles. The first-order valence-corrected chi connectivity index (χ1v) is 8.95. The van der Waals surface area contributed by atoms with Gasteiger partial charge >= 0.3 is 0 Å². The van der Waals surface area contributed by atoms with Crippen molar-refractivity contribution in [3.63, 3.8) is 0 Å². The predicted molar refractivity (Wildman–Crippen MR) is 91.8 cm³/mol. The normalized spacial score (nSPS) is 27.8. The summed E-state index contributed by atoms with van der Waals surface area (Å²) in [7, 11) is 0. The molecule has 1 saturated carbocycles. The van der Waals surface area contributed by atoms with Gasteiger partial charge in [0.05, 0.1) is 12.5 Å². The molecule has 7 heteroatoms. The lowest BCUT2D eigenvalue weighted by molar-refractivity contribution is -0.129. The zero-order valence-corrected chi connectivity index (χ0v) is 14.0. The van der Waals surface area contributed by atoms with Gasteiger partial charge in [-0.05, 0) is 25.0 Å². The molecule has 2 fully saturated rings. The molecule has 3 aliphatic rings. The highest BCUT2D eigenvalue weighted by Gasteiger charge is 2.36. The highest BCUT2D eigenvalue weighted by molar-refractivity contribution is 5.96. The fourth-order valence-corrected chi connectivity index (χ4v) is 3.79. The molecule has 0 bridgehead atoms. The maximum absolute atomic E-state index is 12.4. The van der Waals surface area contributed by atoms with Crippen molar-refractivity contribution in [2.75, 3.05) is 18.5 Å². The topological polar surface area (TPSA) is 88.7 Å². The van der Waals surface area contributed by atoms with Gasteiger partial charge in [0, 0.05) is 23.8 Å². The van der Waals surface area contributed by atoms with E-state index in [1.807, 2.05) is 0 Å². The highest BCUT2D eigenvalue weighted by atomic mass is 16.6. The van der Waals surface area contributed by atoms with Crippen molar-refractivity contribution in [3.05, 3.63) is 18.2 Å². The summed E-state index contributed by atoms with van der Waals surface area (Å²) in [4.78, 5) is 24.6. The van der Waals surface area contributed by atoms with Crippen LogP contribution in [0.1, 0.15) is 32.1 Å². The van der Waals surface area contributed by atoms with Crippen LogP contribution < -0.4 is 25.4 Å². The predicted octanol–water partition coefficient (Wildman–Crippen LogP) is 1.19. The quantitative estimate of drug-likeness (QED) is 0.766. The van der Waals surface area contributed by atoms with Gasteiger partial charge in [-0.25, -0.2) is 0 Å². The number of rotatable bonds is 3. The molecule has 0 radical (unpaired) electrons. The van der Waals surface area contributed by atoms with E-state index in [0.29, 0.717) is 30.4 Å². The molecule has 0 aromatic heterocycles. The van der Waals surface area contributed by atoms with Crippen LogP contribution in [0.5, 0.6) is 11.5 Å². The second kappa shape index (κ2) is 6.92. The summed E-state index contributed by atoms with van der Waals surface area (Å²) in [5.74, 6) is 1.03. The Morgan fingerprint density at radius 3 is 2.72 bits per heavy atom. The third-order valence-electron chi connectivity index (χ3n) is 5.04.